The van der Waals surface area contributed by atoms with Gasteiger partial charge in [-0.15, -0.1) is 0 Å². The van der Waals surface area contributed by atoms with Gasteiger partial charge in [-0.1, -0.05) is 30.5 Å². The van der Waals surface area contributed by atoms with Crippen LogP contribution in [0.15, 0.2) is 29.4 Å². The maximum absolute atomic E-state index is 7.13. The van der Waals surface area contributed by atoms with Crippen molar-refractivity contribution in [1.82, 2.24) is 9.88 Å². The van der Waals surface area contributed by atoms with Crippen LogP contribution in [-0.4, -0.2) is 65.3 Å². The molecule has 1 aromatic heterocycles. The van der Waals surface area contributed by atoms with Gasteiger partial charge >= 0.3 is 17.1 Å². The molecular formula is C15H22MnN5O2S2+. The van der Waals surface area contributed by atoms with E-state index in [1.54, 1.807) is 6.20 Å². The van der Waals surface area contributed by atoms with Gasteiger partial charge in [0.15, 0.2) is 0 Å². The van der Waals surface area contributed by atoms with E-state index in [1.807, 2.05) is 25.1 Å². The molecule has 0 atom stereocenters. The summed E-state index contributed by atoms with van der Waals surface area (Å²) in [4.78, 5) is 11.2. The number of nitrogens with zero attached hydrogens (tertiary/aromatic N) is 5. The standard InChI is InChI=1S/C13H19N3O.2CNS.Mn.H2O/c1-12(13-4-2-3-5-15-13)14-6-7-16-8-10-17-11-9-16;2*2-1-3;;/h2-5H,6-11H2,1H3;;;;1H2/q;2*-1;+2;/p+1. The quantitative estimate of drug-likeness (QED) is 0.316. The minimum Gasteiger partial charge on any atom is -0.753 e. The largest absolute Gasteiger partial charge is 2.00 e. The van der Waals surface area contributed by atoms with E-state index >= 15 is 0 Å². The number of ether oxygens (including phenoxy) is 1. The van der Waals surface area contributed by atoms with Crippen molar-refractivity contribution in [2.45, 2.75) is 6.92 Å². The molecule has 1 fully saturated rings. The van der Waals surface area contributed by atoms with E-state index < -0.39 is 0 Å². The number of thiocarbonyl (C=S) groups is 2. The molecule has 1 saturated heterocycles. The van der Waals surface area contributed by atoms with Gasteiger partial charge in [0.1, 0.15) is 0 Å². The van der Waals surface area contributed by atoms with Gasteiger partial charge in [0.25, 0.3) is 0 Å². The first-order valence-electron chi connectivity index (χ1n) is 6.94. The number of aliphatic imine (C=N–C) groups is 1. The Balaban J connectivity index is -0.000000535. The van der Waals surface area contributed by atoms with E-state index in [1.165, 1.54) is 10.3 Å². The van der Waals surface area contributed by atoms with Crippen molar-refractivity contribution >= 4 is 40.5 Å². The number of pyridine rings is 1. The Hall–Kier alpha value is -1.18. The van der Waals surface area contributed by atoms with Crippen molar-refractivity contribution in [2.75, 3.05) is 39.4 Å². The maximum atomic E-state index is 7.13. The Kier molecular flexibility index (Phi) is 23.9. The normalized spacial score (nSPS) is 13.1. The summed E-state index contributed by atoms with van der Waals surface area (Å²) in [7, 11) is 0. The SMILES string of the molecule is CC(=NCCN1CCOCC1)c1ccccn1.[Mn+2].[N-]=C=S.[N-]=C=S.[OH3+]. The van der Waals surface area contributed by atoms with Gasteiger partial charge in [-0.3, -0.25) is 14.9 Å². The molecule has 2 rings (SSSR count). The second-order valence-electron chi connectivity index (χ2n) is 4.32. The summed E-state index contributed by atoms with van der Waals surface area (Å²) in [6.45, 7) is 7.61. The summed E-state index contributed by atoms with van der Waals surface area (Å²) in [6, 6.07) is 5.90. The maximum Gasteiger partial charge on any atom is 2.00 e. The van der Waals surface area contributed by atoms with Gasteiger partial charge in [0, 0.05) is 25.8 Å². The van der Waals surface area contributed by atoms with Crippen LogP contribution >= 0.6 is 24.4 Å². The zero-order chi connectivity index (χ0) is 17.3. The molecule has 1 aliphatic rings. The van der Waals surface area contributed by atoms with Crippen molar-refractivity contribution in [1.29, 1.82) is 0 Å². The minimum atomic E-state index is 0. The van der Waals surface area contributed by atoms with Gasteiger partial charge in [0.05, 0.1) is 31.2 Å². The fourth-order valence-electron chi connectivity index (χ4n) is 1.84. The third kappa shape index (κ3) is 16.1. The first-order chi connectivity index (χ1) is 11.2. The van der Waals surface area contributed by atoms with Crippen molar-refractivity contribution in [3.63, 3.8) is 0 Å². The topological polar surface area (TPSA) is 115 Å². The summed E-state index contributed by atoms with van der Waals surface area (Å²) in [5.74, 6) is 0. The van der Waals surface area contributed by atoms with Crippen molar-refractivity contribution in [3.8, 4) is 0 Å². The number of aromatic nitrogens is 1. The predicted octanol–water partition coefficient (Wildman–Crippen LogP) is 1.62. The molecule has 3 N–H and O–H groups in total. The molecule has 0 aromatic carbocycles. The fourth-order valence-corrected chi connectivity index (χ4v) is 1.84. The first-order valence-corrected chi connectivity index (χ1v) is 7.76. The first kappa shape index (κ1) is 28.6. The van der Waals surface area contributed by atoms with E-state index in [0.717, 1.165) is 50.8 Å². The molecule has 0 saturated carbocycles. The van der Waals surface area contributed by atoms with Gasteiger partial charge in [0.2, 0.25) is 0 Å². The Morgan fingerprint density at radius 2 is 1.84 bits per heavy atom. The Morgan fingerprint density at radius 1 is 1.28 bits per heavy atom. The molecule has 0 unspecified atom stereocenters. The average Bonchev–Trinajstić information content (AvgIpc) is 2.58. The molecule has 1 aliphatic heterocycles. The minimum absolute atomic E-state index is 0. The Labute approximate surface area is 169 Å². The molecule has 1 radical (unpaired) electrons. The van der Waals surface area contributed by atoms with Gasteiger partial charge in [-0.05, 0) is 19.1 Å². The van der Waals surface area contributed by atoms with E-state index in [0.29, 0.717) is 0 Å². The summed E-state index contributed by atoms with van der Waals surface area (Å²) < 4.78 is 5.31. The van der Waals surface area contributed by atoms with Crippen LogP contribution in [0.2, 0.25) is 0 Å². The smallest absolute Gasteiger partial charge is 0.753 e. The van der Waals surface area contributed by atoms with Crippen molar-refractivity contribution in [2.24, 2.45) is 4.99 Å². The van der Waals surface area contributed by atoms with Gasteiger partial charge in [-0.2, -0.15) is 10.3 Å². The van der Waals surface area contributed by atoms with Gasteiger partial charge in [-0.25, -0.2) is 0 Å². The van der Waals surface area contributed by atoms with Crippen molar-refractivity contribution in [3.05, 3.63) is 40.9 Å². The second kappa shape index (κ2) is 20.9. The second-order valence-corrected chi connectivity index (χ2v) is 4.68. The third-order valence-electron chi connectivity index (χ3n) is 2.90. The fraction of sp³-hybridized carbons (Fsp3) is 0.467. The van der Waals surface area contributed by atoms with E-state index in [-0.39, 0.29) is 22.5 Å². The molecule has 1 aromatic rings. The van der Waals surface area contributed by atoms with Crippen LogP contribution in [0.3, 0.4) is 0 Å². The monoisotopic (exact) mass is 423 g/mol. The van der Waals surface area contributed by atoms with Crippen LogP contribution in [-0.2, 0) is 27.3 Å². The van der Waals surface area contributed by atoms with Crippen LogP contribution in [0.25, 0.3) is 10.8 Å². The molecule has 7 nitrogen and oxygen atoms in total. The summed E-state index contributed by atoms with van der Waals surface area (Å²) in [6.07, 6.45) is 1.80. The molecule has 0 bridgehead atoms. The average molecular weight is 423 g/mol. The van der Waals surface area contributed by atoms with Gasteiger partial charge < -0.3 is 21.0 Å². The summed E-state index contributed by atoms with van der Waals surface area (Å²) >= 11 is 7.40. The molecule has 25 heavy (non-hydrogen) atoms. The number of morpholine rings is 1. The molecular weight excluding hydrogens is 401 g/mol. The zero-order valence-electron chi connectivity index (χ0n) is 14.0. The molecule has 2 heterocycles. The molecule has 10 heteroatoms. The van der Waals surface area contributed by atoms with Crippen LogP contribution in [0.5, 0.6) is 0 Å². The van der Waals surface area contributed by atoms with Crippen LogP contribution < -0.4 is 0 Å². The number of isothiocyanates is 2. The summed E-state index contributed by atoms with van der Waals surface area (Å²) in [5.41, 5.74) is 1.98. The predicted molar refractivity (Wildman–Crippen MR) is 105 cm³/mol. The van der Waals surface area contributed by atoms with Crippen molar-refractivity contribution < 1.29 is 27.3 Å². The zero-order valence-corrected chi connectivity index (χ0v) is 16.8. The Morgan fingerprint density at radius 3 is 2.32 bits per heavy atom. The molecule has 0 amide bonds. The third-order valence-corrected chi connectivity index (χ3v) is 2.90. The number of hydrogen-bond acceptors (Lipinski definition) is 6. The number of rotatable bonds is 4. The van der Waals surface area contributed by atoms with Crippen LogP contribution in [0.1, 0.15) is 12.6 Å². The Bertz CT molecular complexity index is 516. The number of hydrogen-bond donors (Lipinski definition) is 0. The van der Waals surface area contributed by atoms with Crippen LogP contribution in [0.4, 0.5) is 0 Å². The van der Waals surface area contributed by atoms with Crippen LogP contribution in [0, 0.1) is 0 Å². The molecule has 0 spiro atoms. The van der Waals surface area contributed by atoms with E-state index in [9.17, 15) is 0 Å². The summed E-state index contributed by atoms with van der Waals surface area (Å²) in [5, 5.41) is 16.9. The van der Waals surface area contributed by atoms with E-state index in [2.05, 4.69) is 39.3 Å². The molecule has 0 aliphatic carbocycles. The molecule has 137 valence electrons. The van der Waals surface area contributed by atoms with E-state index in [4.69, 9.17) is 15.6 Å².